The Balaban J connectivity index is 0.00000208. The van der Waals surface area contributed by atoms with Crippen molar-refractivity contribution in [3.05, 3.63) is 24.3 Å². The fourth-order valence-corrected chi connectivity index (χ4v) is 3.40. The summed E-state index contributed by atoms with van der Waals surface area (Å²) in [4.78, 5) is 26.0. The van der Waals surface area contributed by atoms with E-state index in [1.54, 1.807) is 4.90 Å². The minimum Gasteiger partial charge on any atom is -0.482 e. The van der Waals surface area contributed by atoms with Gasteiger partial charge in [0.15, 0.2) is 6.61 Å². The summed E-state index contributed by atoms with van der Waals surface area (Å²) in [6.07, 6.45) is 4.35. The van der Waals surface area contributed by atoms with Gasteiger partial charge in [-0.25, -0.2) is 0 Å². The van der Waals surface area contributed by atoms with Gasteiger partial charge in [0.25, 0.3) is 5.91 Å². The highest BCUT2D eigenvalue weighted by molar-refractivity contribution is 5.98. The number of hydrogen-bond donors (Lipinski definition) is 2. The zero-order valence-electron chi connectivity index (χ0n) is 13.6. The van der Waals surface area contributed by atoms with E-state index in [1.165, 1.54) is 0 Å². The maximum absolute atomic E-state index is 12.3. The summed E-state index contributed by atoms with van der Waals surface area (Å²) >= 11 is 0. The number of rotatable bonds is 5. The second-order valence-corrected chi connectivity index (χ2v) is 6.29. The minimum absolute atomic E-state index is 0. The van der Waals surface area contributed by atoms with Crippen molar-refractivity contribution in [3.8, 4) is 5.75 Å². The Bertz CT molecular complexity index is 602. The van der Waals surface area contributed by atoms with Gasteiger partial charge in [-0.15, -0.1) is 12.4 Å². The smallest absolute Gasteiger partial charge is 0.265 e. The Morgan fingerprint density at radius 3 is 2.71 bits per heavy atom. The number of para-hydroxylation sites is 2. The van der Waals surface area contributed by atoms with Crippen molar-refractivity contribution < 1.29 is 14.3 Å². The molecule has 0 unspecified atom stereocenters. The van der Waals surface area contributed by atoms with Gasteiger partial charge in [-0.3, -0.25) is 9.59 Å². The van der Waals surface area contributed by atoms with E-state index < -0.39 is 0 Å². The molecular weight excluding hydrogens is 330 g/mol. The number of nitrogens with one attached hydrogen (secondary N) is 1. The standard InChI is InChI=1S/C17H23N3O3.ClH/c18-12-17(8-3-4-9-17)19-15(21)7-10-20-13-5-1-2-6-14(13)23-11-16(20)22;/h1-2,5-6H,3-4,7-12,18H2,(H,19,21);1H. The van der Waals surface area contributed by atoms with Crippen molar-refractivity contribution in [2.45, 2.75) is 37.6 Å². The zero-order valence-corrected chi connectivity index (χ0v) is 14.4. The predicted molar refractivity (Wildman–Crippen MR) is 94.6 cm³/mol. The zero-order chi connectivity index (χ0) is 16.3. The molecule has 1 aromatic rings. The van der Waals surface area contributed by atoms with Gasteiger partial charge in [-0.1, -0.05) is 25.0 Å². The molecule has 1 aliphatic carbocycles. The third kappa shape index (κ3) is 3.82. The lowest BCUT2D eigenvalue weighted by molar-refractivity contribution is -0.123. The lowest BCUT2D eigenvalue weighted by atomic mass is 9.97. The molecule has 0 spiro atoms. The fourth-order valence-electron chi connectivity index (χ4n) is 3.40. The summed E-state index contributed by atoms with van der Waals surface area (Å²) < 4.78 is 5.41. The van der Waals surface area contributed by atoms with Crippen molar-refractivity contribution in [1.82, 2.24) is 5.32 Å². The number of amides is 2. The lowest BCUT2D eigenvalue weighted by Gasteiger charge is -2.31. The number of hydrogen-bond acceptors (Lipinski definition) is 4. The molecule has 0 bridgehead atoms. The lowest BCUT2D eigenvalue weighted by Crippen LogP contribution is -2.52. The Labute approximate surface area is 148 Å². The largest absolute Gasteiger partial charge is 0.482 e. The molecule has 0 saturated heterocycles. The molecule has 24 heavy (non-hydrogen) atoms. The van der Waals surface area contributed by atoms with Crippen LogP contribution in [0, 0.1) is 0 Å². The van der Waals surface area contributed by atoms with Crippen LogP contribution in [0.4, 0.5) is 5.69 Å². The molecule has 1 saturated carbocycles. The molecule has 2 aliphatic rings. The molecule has 1 fully saturated rings. The topological polar surface area (TPSA) is 84.7 Å². The van der Waals surface area contributed by atoms with Crippen molar-refractivity contribution in [3.63, 3.8) is 0 Å². The van der Waals surface area contributed by atoms with Gasteiger partial charge < -0.3 is 20.7 Å². The van der Waals surface area contributed by atoms with E-state index in [4.69, 9.17) is 10.5 Å². The van der Waals surface area contributed by atoms with Gasteiger partial charge in [0.05, 0.1) is 11.2 Å². The van der Waals surface area contributed by atoms with E-state index in [0.717, 1.165) is 31.4 Å². The predicted octanol–water partition coefficient (Wildman–Crippen LogP) is 1.61. The van der Waals surface area contributed by atoms with Crippen LogP contribution >= 0.6 is 12.4 Å². The minimum atomic E-state index is -0.246. The Morgan fingerprint density at radius 2 is 2.00 bits per heavy atom. The first-order valence-electron chi connectivity index (χ1n) is 8.17. The maximum Gasteiger partial charge on any atom is 0.265 e. The molecule has 132 valence electrons. The van der Waals surface area contributed by atoms with E-state index in [1.807, 2.05) is 24.3 Å². The number of ether oxygens (including phenoxy) is 1. The van der Waals surface area contributed by atoms with Gasteiger partial charge in [0.1, 0.15) is 5.75 Å². The quantitative estimate of drug-likeness (QED) is 0.842. The summed E-state index contributed by atoms with van der Waals surface area (Å²) in [5.41, 5.74) is 6.33. The Morgan fingerprint density at radius 1 is 1.29 bits per heavy atom. The molecule has 1 heterocycles. The molecular formula is C17H24ClN3O3. The first-order chi connectivity index (χ1) is 11.1. The second-order valence-electron chi connectivity index (χ2n) is 6.29. The summed E-state index contributed by atoms with van der Waals surface area (Å²) in [5, 5.41) is 3.09. The van der Waals surface area contributed by atoms with Gasteiger partial charge in [0.2, 0.25) is 5.91 Å². The molecule has 0 aromatic heterocycles. The van der Waals surface area contributed by atoms with Crippen LogP contribution in [0.2, 0.25) is 0 Å². The first-order valence-corrected chi connectivity index (χ1v) is 8.17. The third-order valence-corrected chi connectivity index (χ3v) is 4.73. The highest BCUT2D eigenvalue weighted by Crippen LogP contribution is 2.32. The van der Waals surface area contributed by atoms with E-state index >= 15 is 0 Å². The number of halogens is 1. The number of nitrogens with two attached hydrogens (primary N) is 1. The molecule has 0 radical (unpaired) electrons. The van der Waals surface area contributed by atoms with Crippen LogP contribution in [0.3, 0.4) is 0 Å². The summed E-state index contributed by atoms with van der Waals surface area (Å²) in [5.74, 6) is 0.516. The number of benzene rings is 1. The van der Waals surface area contributed by atoms with Gasteiger partial charge in [-0.05, 0) is 25.0 Å². The monoisotopic (exact) mass is 353 g/mol. The highest BCUT2D eigenvalue weighted by Gasteiger charge is 2.34. The van der Waals surface area contributed by atoms with Crippen molar-refractivity contribution >= 4 is 29.9 Å². The van der Waals surface area contributed by atoms with Crippen molar-refractivity contribution in [1.29, 1.82) is 0 Å². The average Bonchev–Trinajstić information content (AvgIpc) is 3.03. The van der Waals surface area contributed by atoms with Crippen LogP contribution in [0.25, 0.3) is 0 Å². The summed E-state index contributed by atoms with van der Waals surface area (Å²) in [6.45, 7) is 0.842. The Kier molecular flexibility index (Phi) is 6.07. The van der Waals surface area contributed by atoms with Crippen molar-refractivity contribution in [2.75, 3.05) is 24.6 Å². The van der Waals surface area contributed by atoms with Crippen LogP contribution in [0.15, 0.2) is 24.3 Å². The van der Waals surface area contributed by atoms with Gasteiger partial charge in [-0.2, -0.15) is 0 Å². The number of carbonyl (C=O) groups excluding carboxylic acids is 2. The normalized spacial score (nSPS) is 18.4. The van der Waals surface area contributed by atoms with Crippen LogP contribution in [-0.2, 0) is 9.59 Å². The molecule has 1 aliphatic heterocycles. The summed E-state index contributed by atoms with van der Waals surface area (Å²) in [7, 11) is 0. The Hall–Kier alpha value is -1.79. The molecule has 6 nitrogen and oxygen atoms in total. The van der Waals surface area contributed by atoms with E-state index in [0.29, 0.717) is 18.8 Å². The van der Waals surface area contributed by atoms with E-state index in [9.17, 15) is 9.59 Å². The molecule has 3 rings (SSSR count). The SMILES string of the molecule is Cl.NCC1(NC(=O)CCN2C(=O)COc3ccccc32)CCCC1. The maximum atomic E-state index is 12.3. The third-order valence-electron chi connectivity index (χ3n) is 4.73. The van der Waals surface area contributed by atoms with E-state index in [-0.39, 0.29) is 42.8 Å². The fraction of sp³-hybridized carbons (Fsp3) is 0.529. The van der Waals surface area contributed by atoms with Crippen LogP contribution in [-0.4, -0.2) is 37.0 Å². The molecule has 3 N–H and O–H groups in total. The first kappa shape index (κ1) is 18.5. The number of carbonyl (C=O) groups is 2. The van der Waals surface area contributed by atoms with Gasteiger partial charge in [0, 0.05) is 19.5 Å². The van der Waals surface area contributed by atoms with Crippen LogP contribution < -0.4 is 20.7 Å². The number of fused-ring (bicyclic) bond motifs is 1. The summed E-state index contributed by atoms with van der Waals surface area (Å²) in [6, 6.07) is 7.39. The van der Waals surface area contributed by atoms with Gasteiger partial charge >= 0.3 is 0 Å². The molecule has 7 heteroatoms. The van der Waals surface area contributed by atoms with E-state index in [2.05, 4.69) is 5.32 Å². The highest BCUT2D eigenvalue weighted by atomic mass is 35.5. The van der Waals surface area contributed by atoms with Crippen LogP contribution in [0.5, 0.6) is 5.75 Å². The van der Waals surface area contributed by atoms with Crippen LogP contribution in [0.1, 0.15) is 32.1 Å². The number of nitrogens with zero attached hydrogens (tertiary/aromatic N) is 1. The second kappa shape index (κ2) is 7.85. The number of anilines is 1. The molecule has 1 aromatic carbocycles. The molecule has 2 amide bonds. The average molecular weight is 354 g/mol. The molecule has 0 atom stereocenters. The van der Waals surface area contributed by atoms with Crippen molar-refractivity contribution in [2.24, 2.45) is 5.73 Å².